The van der Waals surface area contributed by atoms with Crippen LogP contribution in [0.25, 0.3) is 0 Å². The number of hydrogen-bond donors (Lipinski definition) is 0. The van der Waals surface area contributed by atoms with E-state index < -0.39 is 0 Å². The van der Waals surface area contributed by atoms with Crippen LogP contribution in [0.2, 0.25) is 0 Å². The van der Waals surface area contributed by atoms with Crippen LogP contribution in [-0.4, -0.2) is 124 Å². The summed E-state index contributed by atoms with van der Waals surface area (Å²) in [6.07, 6.45) is 37.6. The summed E-state index contributed by atoms with van der Waals surface area (Å²) in [6.45, 7) is 17.5. The van der Waals surface area contributed by atoms with Crippen LogP contribution in [0.15, 0.2) is 0 Å². The number of likely N-dealkylation sites (tertiary alicyclic amines) is 1. The number of unbranched alkanes of at least 4 members (excludes halogenated alkanes) is 16. The maximum atomic E-state index is 13.0. The molecule has 0 spiro atoms. The lowest BCUT2D eigenvalue weighted by atomic mass is 9.91. The lowest BCUT2D eigenvalue weighted by molar-refractivity contribution is -0.150. The van der Waals surface area contributed by atoms with Gasteiger partial charge >= 0.3 is 17.9 Å². The molecule has 0 aromatic carbocycles. The maximum absolute atomic E-state index is 13.0. The Morgan fingerprint density at radius 1 is 0.500 bits per heavy atom. The third kappa shape index (κ3) is 32.9. The number of carbonyl (C=O) groups is 3. The van der Waals surface area contributed by atoms with Crippen molar-refractivity contribution in [3.63, 3.8) is 0 Å². The highest BCUT2D eigenvalue weighted by molar-refractivity contribution is 5.72. The molecule has 0 aromatic heterocycles. The van der Waals surface area contributed by atoms with Gasteiger partial charge in [-0.1, -0.05) is 169 Å². The molecule has 1 unspecified atom stereocenters. The van der Waals surface area contributed by atoms with Crippen LogP contribution >= 0.6 is 0 Å². The van der Waals surface area contributed by atoms with Gasteiger partial charge in [0.1, 0.15) is 6.10 Å². The standard InChI is InChI=1S/C56H107N3O7/c1-6-10-20-30-50(31-21-11-7-2)34-28-44-64-54(60)36-24-16-14-18-26-38-59-47-53(66-56(62)48-58-41-39-57(5)40-42-58)46-52(59)49-63-43-27-19-15-17-25-37-55(61)65-45-29-35-51(32-22-12-8-3)33-23-13-9-4/h50-53H,6-49H2,1-5H3/t52?,53-/m0/s1. The van der Waals surface area contributed by atoms with E-state index in [0.29, 0.717) is 39.2 Å². The van der Waals surface area contributed by atoms with Crippen molar-refractivity contribution in [1.82, 2.24) is 14.7 Å². The summed E-state index contributed by atoms with van der Waals surface area (Å²) in [5.41, 5.74) is 0. The van der Waals surface area contributed by atoms with Gasteiger partial charge in [0.25, 0.3) is 0 Å². The van der Waals surface area contributed by atoms with Gasteiger partial charge in [-0.05, 0) is 76.8 Å². The van der Waals surface area contributed by atoms with Gasteiger partial charge in [0.2, 0.25) is 0 Å². The van der Waals surface area contributed by atoms with Gasteiger partial charge in [-0.3, -0.25) is 24.2 Å². The topological polar surface area (TPSA) is 97.9 Å². The van der Waals surface area contributed by atoms with Gasteiger partial charge in [0.15, 0.2) is 0 Å². The first-order valence-electron chi connectivity index (χ1n) is 28.5. The zero-order valence-electron chi connectivity index (χ0n) is 44.1. The van der Waals surface area contributed by atoms with Crippen LogP contribution in [-0.2, 0) is 33.3 Å². The van der Waals surface area contributed by atoms with Crippen LogP contribution in [0.3, 0.4) is 0 Å². The van der Waals surface area contributed by atoms with Crippen LogP contribution in [0.4, 0.5) is 0 Å². The molecule has 2 fully saturated rings. The number of ether oxygens (including phenoxy) is 4. The summed E-state index contributed by atoms with van der Waals surface area (Å²) in [4.78, 5) is 44.8. The molecule has 0 aliphatic carbocycles. The van der Waals surface area contributed by atoms with Crippen LogP contribution < -0.4 is 0 Å². The molecule has 2 rings (SSSR count). The van der Waals surface area contributed by atoms with Crippen molar-refractivity contribution < 1.29 is 33.3 Å². The van der Waals surface area contributed by atoms with Crippen molar-refractivity contribution in [2.24, 2.45) is 11.8 Å². The van der Waals surface area contributed by atoms with E-state index in [1.54, 1.807) is 0 Å². The highest BCUT2D eigenvalue weighted by atomic mass is 16.5. The van der Waals surface area contributed by atoms with Gasteiger partial charge in [-0.2, -0.15) is 0 Å². The zero-order valence-corrected chi connectivity index (χ0v) is 44.1. The van der Waals surface area contributed by atoms with Gasteiger partial charge in [-0.15, -0.1) is 0 Å². The monoisotopic (exact) mass is 934 g/mol. The number of piperazine rings is 1. The highest BCUT2D eigenvalue weighted by Gasteiger charge is 2.34. The first-order valence-corrected chi connectivity index (χ1v) is 28.5. The Bertz CT molecular complexity index is 1130. The smallest absolute Gasteiger partial charge is 0.320 e. The van der Waals surface area contributed by atoms with Crippen molar-refractivity contribution in [3.8, 4) is 0 Å². The lowest BCUT2D eigenvalue weighted by Gasteiger charge is -2.31. The molecule has 2 aliphatic heterocycles. The van der Waals surface area contributed by atoms with Crippen LogP contribution in [0, 0.1) is 11.8 Å². The minimum atomic E-state index is -0.105. The van der Waals surface area contributed by atoms with E-state index in [-0.39, 0.29) is 30.1 Å². The Morgan fingerprint density at radius 3 is 1.45 bits per heavy atom. The van der Waals surface area contributed by atoms with Crippen LogP contribution in [0.5, 0.6) is 0 Å². The molecule has 10 heteroatoms. The molecule has 10 nitrogen and oxygen atoms in total. The van der Waals surface area contributed by atoms with Crippen molar-refractivity contribution in [2.45, 2.75) is 252 Å². The fourth-order valence-corrected chi connectivity index (χ4v) is 10.1. The molecule has 2 saturated heterocycles. The number of hydrogen-bond acceptors (Lipinski definition) is 10. The number of carbonyl (C=O) groups excluding carboxylic acids is 3. The Kier molecular flexibility index (Phi) is 38.6. The van der Waals surface area contributed by atoms with E-state index >= 15 is 0 Å². The summed E-state index contributed by atoms with van der Waals surface area (Å²) >= 11 is 0. The molecular weight excluding hydrogens is 827 g/mol. The van der Waals surface area contributed by atoms with Crippen LogP contribution in [0.1, 0.15) is 240 Å². The molecule has 66 heavy (non-hydrogen) atoms. The molecule has 0 amide bonds. The van der Waals surface area contributed by atoms with E-state index in [0.717, 1.165) is 141 Å². The van der Waals surface area contributed by atoms with Crippen molar-refractivity contribution in [3.05, 3.63) is 0 Å². The van der Waals surface area contributed by atoms with E-state index in [9.17, 15) is 14.4 Å². The second-order valence-corrected chi connectivity index (χ2v) is 20.6. The molecule has 0 N–H and O–H groups in total. The number of rotatable bonds is 45. The quantitative estimate of drug-likeness (QED) is 0.0333. The van der Waals surface area contributed by atoms with Gasteiger partial charge in [0, 0.05) is 64.6 Å². The van der Waals surface area contributed by atoms with E-state index in [4.69, 9.17) is 18.9 Å². The van der Waals surface area contributed by atoms with Crippen molar-refractivity contribution >= 4 is 17.9 Å². The SMILES string of the molecule is CCCCCC(CCCCC)CCCOC(=O)CCCCCCCOCC1C[C@H](OC(=O)CN2CCN(C)CC2)CN1CCCCCCCC(=O)OCCCC(CCCCC)CCCCC. The first kappa shape index (κ1) is 60.4. The van der Waals surface area contributed by atoms with Crippen molar-refractivity contribution in [2.75, 3.05) is 79.3 Å². The summed E-state index contributed by atoms with van der Waals surface area (Å²) in [7, 11) is 2.13. The summed E-state index contributed by atoms with van der Waals surface area (Å²) < 4.78 is 23.6. The summed E-state index contributed by atoms with van der Waals surface area (Å²) in [5.74, 6) is 1.40. The Balaban J connectivity index is 1.62. The van der Waals surface area contributed by atoms with E-state index in [1.165, 1.54) is 116 Å². The normalized spacial score (nSPS) is 17.3. The zero-order chi connectivity index (χ0) is 47.7. The molecular formula is C56H107N3O7. The third-order valence-corrected chi connectivity index (χ3v) is 14.4. The second-order valence-electron chi connectivity index (χ2n) is 20.6. The van der Waals surface area contributed by atoms with E-state index in [2.05, 4.69) is 49.4 Å². The average molecular weight is 934 g/mol. The molecule has 388 valence electrons. The maximum Gasteiger partial charge on any atom is 0.320 e. The molecule has 0 bridgehead atoms. The molecule has 2 aliphatic rings. The predicted octanol–water partition coefficient (Wildman–Crippen LogP) is 13.1. The van der Waals surface area contributed by atoms with Gasteiger partial charge in [-0.25, -0.2) is 0 Å². The number of esters is 3. The Morgan fingerprint density at radius 2 is 0.955 bits per heavy atom. The molecule has 0 aromatic rings. The third-order valence-electron chi connectivity index (χ3n) is 14.4. The average Bonchev–Trinajstić information content (AvgIpc) is 3.68. The van der Waals surface area contributed by atoms with Gasteiger partial charge < -0.3 is 23.8 Å². The predicted molar refractivity (Wildman–Crippen MR) is 274 cm³/mol. The van der Waals surface area contributed by atoms with E-state index in [1.807, 2.05) is 0 Å². The molecule has 2 atom stereocenters. The Labute approximate surface area is 407 Å². The minimum Gasteiger partial charge on any atom is -0.466 e. The fourth-order valence-electron chi connectivity index (χ4n) is 10.1. The van der Waals surface area contributed by atoms with Gasteiger partial charge in [0.05, 0.1) is 26.4 Å². The number of likely N-dealkylation sites (N-methyl/N-ethyl adjacent to an activating group) is 1. The first-order chi connectivity index (χ1) is 32.3. The number of nitrogens with zero attached hydrogens (tertiary/aromatic N) is 3. The summed E-state index contributed by atoms with van der Waals surface area (Å²) in [5, 5.41) is 0. The molecule has 2 heterocycles. The molecule has 0 saturated carbocycles. The minimum absolute atomic E-state index is 0.0336. The van der Waals surface area contributed by atoms with Crippen molar-refractivity contribution in [1.29, 1.82) is 0 Å². The second kappa shape index (κ2) is 42.2. The largest absolute Gasteiger partial charge is 0.466 e. The Hall–Kier alpha value is -1.75. The molecule has 0 radical (unpaired) electrons. The fraction of sp³-hybridized carbons (Fsp3) is 0.946. The lowest BCUT2D eigenvalue weighted by Crippen LogP contribution is -2.46. The summed E-state index contributed by atoms with van der Waals surface area (Å²) in [6, 6.07) is 0.253. The highest BCUT2D eigenvalue weighted by Crippen LogP contribution is 2.25.